The van der Waals surface area contributed by atoms with Gasteiger partial charge in [-0.05, 0) is 48.1 Å². The van der Waals surface area contributed by atoms with E-state index in [4.69, 9.17) is 0 Å². The molecule has 0 aliphatic heterocycles. The van der Waals surface area contributed by atoms with Crippen LogP contribution < -0.4 is 4.72 Å². The molecular formula is C16H25NO2S2. The topological polar surface area (TPSA) is 46.2 Å². The molecule has 2 fully saturated rings. The average Bonchev–Trinajstić information content (AvgIpc) is 3.18. The number of rotatable bonds is 5. The molecule has 1 aromatic heterocycles. The van der Waals surface area contributed by atoms with Crippen LogP contribution >= 0.6 is 11.3 Å². The number of hydrogen-bond acceptors (Lipinski definition) is 3. The Bertz CT molecular complexity index is 539. The van der Waals surface area contributed by atoms with Gasteiger partial charge in [-0.2, -0.15) is 11.3 Å². The predicted molar refractivity (Wildman–Crippen MR) is 88.3 cm³/mol. The summed E-state index contributed by atoms with van der Waals surface area (Å²) in [7, 11) is -3.15. The monoisotopic (exact) mass is 327 g/mol. The molecule has 2 saturated carbocycles. The minimum atomic E-state index is -3.15. The van der Waals surface area contributed by atoms with Gasteiger partial charge in [-0.3, -0.25) is 0 Å². The number of thiophene rings is 1. The van der Waals surface area contributed by atoms with E-state index in [-0.39, 0.29) is 10.7 Å². The summed E-state index contributed by atoms with van der Waals surface area (Å²) in [6, 6.07) is 2.17. The van der Waals surface area contributed by atoms with Gasteiger partial charge in [-0.15, -0.1) is 0 Å². The Balaban J connectivity index is 1.70. The van der Waals surface area contributed by atoms with Crippen LogP contribution in [0.15, 0.2) is 16.8 Å². The minimum Gasteiger partial charge on any atom is -0.214 e. The van der Waals surface area contributed by atoms with E-state index < -0.39 is 10.0 Å². The van der Waals surface area contributed by atoms with Gasteiger partial charge in [0.05, 0.1) is 5.25 Å². The summed E-state index contributed by atoms with van der Waals surface area (Å²) in [5, 5.41) is 4.14. The van der Waals surface area contributed by atoms with Crippen molar-refractivity contribution in [2.75, 3.05) is 6.54 Å². The number of hydrogen-bond donors (Lipinski definition) is 1. The van der Waals surface area contributed by atoms with Crippen molar-refractivity contribution in [3.8, 4) is 0 Å². The summed E-state index contributed by atoms with van der Waals surface area (Å²) in [4.78, 5) is 0. The third-order valence-electron chi connectivity index (χ3n) is 5.30. The maximum atomic E-state index is 12.5. The highest BCUT2D eigenvalue weighted by Gasteiger charge is 2.38. The number of nitrogens with one attached hydrogen (secondary N) is 1. The van der Waals surface area contributed by atoms with Gasteiger partial charge in [0.25, 0.3) is 0 Å². The van der Waals surface area contributed by atoms with Crippen molar-refractivity contribution in [2.24, 2.45) is 0 Å². The van der Waals surface area contributed by atoms with Gasteiger partial charge in [0.2, 0.25) is 10.0 Å². The third kappa shape index (κ3) is 3.35. The van der Waals surface area contributed by atoms with Crippen molar-refractivity contribution in [1.82, 2.24) is 4.72 Å². The molecule has 21 heavy (non-hydrogen) atoms. The molecule has 0 atom stereocenters. The summed E-state index contributed by atoms with van der Waals surface area (Å²) in [5.41, 5.74) is 1.37. The van der Waals surface area contributed by atoms with Gasteiger partial charge in [-0.1, -0.05) is 32.1 Å². The number of sulfonamides is 1. The Morgan fingerprint density at radius 2 is 1.86 bits per heavy atom. The molecular weight excluding hydrogens is 302 g/mol. The molecule has 2 aliphatic rings. The van der Waals surface area contributed by atoms with E-state index in [0.717, 1.165) is 38.5 Å². The van der Waals surface area contributed by atoms with Crippen LogP contribution in [0.25, 0.3) is 0 Å². The molecule has 0 saturated heterocycles. The van der Waals surface area contributed by atoms with Crippen LogP contribution in [-0.4, -0.2) is 20.2 Å². The van der Waals surface area contributed by atoms with Gasteiger partial charge < -0.3 is 0 Å². The highest BCUT2D eigenvalue weighted by molar-refractivity contribution is 7.90. The lowest BCUT2D eigenvalue weighted by molar-refractivity contribution is 0.425. The first-order chi connectivity index (χ1) is 10.1. The second-order valence-electron chi connectivity index (χ2n) is 6.63. The third-order valence-corrected chi connectivity index (χ3v) is 7.88. The maximum Gasteiger partial charge on any atom is 0.214 e. The van der Waals surface area contributed by atoms with E-state index in [1.807, 2.05) is 0 Å². The Morgan fingerprint density at radius 3 is 2.48 bits per heavy atom. The summed E-state index contributed by atoms with van der Waals surface area (Å²) in [6.07, 6.45) is 9.60. The summed E-state index contributed by atoms with van der Waals surface area (Å²) < 4.78 is 28.1. The van der Waals surface area contributed by atoms with Crippen molar-refractivity contribution in [3.05, 3.63) is 22.4 Å². The first-order valence-corrected chi connectivity index (χ1v) is 10.6. The molecule has 3 rings (SSSR count). The SMILES string of the molecule is O=S(=O)(NCC1(c2ccsc2)CCCC1)C1CCCCC1. The summed E-state index contributed by atoms with van der Waals surface area (Å²) in [5.74, 6) is 0. The largest absolute Gasteiger partial charge is 0.214 e. The molecule has 0 spiro atoms. The van der Waals surface area contributed by atoms with Crippen molar-refractivity contribution in [1.29, 1.82) is 0 Å². The molecule has 0 radical (unpaired) electrons. The molecule has 2 aliphatic carbocycles. The molecule has 0 unspecified atom stereocenters. The Hall–Kier alpha value is -0.390. The Labute approximate surface area is 132 Å². The highest BCUT2D eigenvalue weighted by Crippen LogP contribution is 2.41. The lowest BCUT2D eigenvalue weighted by atomic mass is 9.81. The van der Waals surface area contributed by atoms with Crippen LogP contribution in [0.5, 0.6) is 0 Å². The zero-order valence-corrected chi connectivity index (χ0v) is 14.1. The van der Waals surface area contributed by atoms with Gasteiger partial charge in [0, 0.05) is 12.0 Å². The molecule has 0 amide bonds. The van der Waals surface area contributed by atoms with E-state index in [2.05, 4.69) is 21.5 Å². The highest BCUT2D eigenvalue weighted by atomic mass is 32.2. The zero-order valence-electron chi connectivity index (χ0n) is 12.5. The smallest absolute Gasteiger partial charge is 0.214 e. The quantitative estimate of drug-likeness (QED) is 0.894. The van der Waals surface area contributed by atoms with E-state index >= 15 is 0 Å². The lowest BCUT2D eigenvalue weighted by Crippen LogP contribution is -2.43. The fraction of sp³-hybridized carbons (Fsp3) is 0.750. The van der Waals surface area contributed by atoms with Gasteiger partial charge in [-0.25, -0.2) is 13.1 Å². The van der Waals surface area contributed by atoms with Crippen LogP contribution in [0, 0.1) is 0 Å². The summed E-state index contributed by atoms with van der Waals surface area (Å²) in [6.45, 7) is 0.586. The van der Waals surface area contributed by atoms with Gasteiger partial charge in [0.15, 0.2) is 0 Å². The van der Waals surface area contributed by atoms with Crippen molar-refractivity contribution >= 4 is 21.4 Å². The molecule has 1 heterocycles. The fourth-order valence-electron chi connectivity index (χ4n) is 3.92. The molecule has 118 valence electrons. The van der Waals surface area contributed by atoms with Crippen molar-refractivity contribution in [2.45, 2.75) is 68.5 Å². The lowest BCUT2D eigenvalue weighted by Gasteiger charge is -2.30. The van der Waals surface area contributed by atoms with E-state index in [9.17, 15) is 8.42 Å². The standard InChI is InChI=1S/C16H25NO2S2/c18-21(19,15-6-2-1-3-7-15)17-13-16(9-4-5-10-16)14-8-11-20-12-14/h8,11-12,15,17H,1-7,9-10,13H2. The first-order valence-electron chi connectivity index (χ1n) is 8.14. The molecule has 5 heteroatoms. The van der Waals surface area contributed by atoms with E-state index in [0.29, 0.717) is 6.54 Å². The molecule has 3 nitrogen and oxygen atoms in total. The van der Waals surface area contributed by atoms with Crippen LogP contribution in [0.3, 0.4) is 0 Å². The van der Waals surface area contributed by atoms with Crippen LogP contribution in [0.2, 0.25) is 0 Å². The minimum absolute atomic E-state index is 0.0434. The van der Waals surface area contributed by atoms with Gasteiger partial charge >= 0.3 is 0 Å². The molecule has 0 bridgehead atoms. The Kier molecular flexibility index (Phi) is 4.71. The second kappa shape index (κ2) is 6.39. The van der Waals surface area contributed by atoms with Crippen LogP contribution in [0.4, 0.5) is 0 Å². The normalized spacial score (nSPS) is 23.4. The van der Waals surface area contributed by atoms with Crippen molar-refractivity contribution < 1.29 is 8.42 Å². The van der Waals surface area contributed by atoms with E-state index in [1.165, 1.54) is 24.8 Å². The van der Waals surface area contributed by atoms with Crippen LogP contribution in [0.1, 0.15) is 63.4 Å². The molecule has 1 N–H and O–H groups in total. The Morgan fingerprint density at radius 1 is 1.14 bits per heavy atom. The molecule has 0 aromatic carbocycles. The van der Waals surface area contributed by atoms with Gasteiger partial charge in [0.1, 0.15) is 0 Å². The summed E-state index contributed by atoms with van der Waals surface area (Å²) >= 11 is 1.71. The predicted octanol–water partition coefficient (Wildman–Crippen LogP) is 3.81. The fourth-order valence-corrected chi connectivity index (χ4v) is 6.36. The van der Waals surface area contributed by atoms with E-state index in [1.54, 1.807) is 11.3 Å². The maximum absolute atomic E-state index is 12.5. The zero-order chi connectivity index (χ0) is 14.8. The van der Waals surface area contributed by atoms with Crippen molar-refractivity contribution in [3.63, 3.8) is 0 Å². The first kappa shape index (κ1) is 15.5. The van der Waals surface area contributed by atoms with Crippen LogP contribution in [-0.2, 0) is 15.4 Å². The average molecular weight is 328 g/mol. The second-order valence-corrected chi connectivity index (χ2v) is 9.45. The molecule has 1 aromatic rings.